The summed E-state index contributed by atoms with van der Waals surface area (Å²) in [6.45, 7) is 2.11. The number of alkyl halides is 2. The first-order chi connectivity index (χ1) is 6.16. The molecular weight excluding hydrogens is 416 g/mol. The Morgan fingerprint density at radius 1 is 1.69 bits per heavy atom. The number of rotatable bonds is 4. The average Bonchev–Trinajstić information content (AvgIpc) is 2.34. The Bertz CT molecular complexity index is 225. The van der Waals surface area contributed by atoms with Gasteiger partial charge in [-0.3, -0.25) is 0 Å². The fraction of sp³-hybridized carbons (Fsp3) is 0.714. The fourth-order valence-electron chi connectivity index (χ4n) is 0.885. The van der Waals surface area contributed by atoms with Gasteiger partial charge in [-0.15, -0.1) is 0 Å². The molecule has 76 valence electrons. The van der Waals surface area contributed by atoms with Crippen molar-refractivity contribution >= 4 is 46.4 Å². The zero-order valence-electron chi connectivity index (χ0n) is 7.13. The van der Waals surface area contributed by atoms with Crippen LogP contribution in [0.15, 0.2) is 0 Å². The molecule has 0 N–H and O–H groups in total. The molecule has 1 aliphatic heterocycles. The first-order valence-corrected chi connectivity index (χ1v) is 8.74. The molecule has 0 aromatic heterocycles. The molecule has 13 heavy (non-hydrogen) atoms. The Morgan fingerprint density at radius 2 is 2.38 bits per heavy atom. The summed E-state index contributed by atoms with van der Waals surface area (Å²) >= 11 is 3.54. The van der Waals surface area contributed by atoms with Gasteiger partial charge in [0.25, 0.3) is 0 Å². The molecule has 1 heterocycles. The van der Waals surface area contributed by atoms with Crippen molar-refractivity contribution in [1.82, 2.24) is 3.11 Å². The number of amides is 2. The molecule has 1 atom stereocenters. The van der Waals surface area contributed by atoms with E-state index >= 15 is 0 Å². The third-order valence-electron chi connectivity index (χ3n) is 1.56. The van der Waals surface area contributed by atoms with Crippen LogP contribution < -0.4 is 21.2 Å². The van der Waals surface area contributed by atoms with Crippen molar-refractivity contribution in [2.24, 2.45) is 0 Å². The van der Waals surface area contributed by atoms with Gasteiger partial charge in [0.1, 0.15) is 0 Å². The van der Waals surface area contributed by atoms with Gasteiger partial charge in [0, 0.05) is 0 Å². The number of hydrogen-bond acceptors (Lipinski definition) is 3. The van der Waals surface area contributed by atoms with Gasteiger partial charge in [-0.2, -0.15) is 0 Å². The van der Waals surface area contributed by atoms with Crippen LogP contribution in [0.25, 0.3) is 0 Å². The van der Waals surface area contributed by atoms with Gasteiger partial charge in [0.15, 0.2) is 0 Å². The molecule has 0 saturated carbocycles. The summed E-state index contributed by atoms with van der Waals surface area (Å²) in [6.07, 6.45) is 0.458. The number of halogens is 2. The normalized spacial score (nSPS) is 23.2. The zero-order chi connectivity index (χ0) is 9.84. The maximum atomic E-state index is 11.4. The van der Waals surface area contributed by atoms with Gasteiger partial charge in [0.2, 0.25) is 0 Å². The van der Waals surface area contributed by atoms with E-state index in [-0.39, 0.29) is 36.9 Å². The van der Waals surface area contributed by atoms with Crippen LogP contribution in [-0.2, 0) is 9.59 Å². The van der Waals surface area contributed by atoms with E-state index in [0.717, 1.165) is 9.51 Å². The molecule has 1 rings (SSSR count). The summed E-state index contributed by atoms with van der Waals surface area (Å²) in [4.78, 5) is 22.6. The van der Waals surface area contributed by atoms with Crippen LogP contribution >= 0.6 is 34.6 Å². The van der Waals surface area contributed by atoms with Gasteiger partial charge in [-0.25, -0.2) is 0 Å². The summed E-state index contributed by atoms with van der Waals surface area (Å²) in [7, 11) is 0. The van der Waals surface area contributed by atoms with Crippen molar-refractivity contribution in [2.45, 2.75) is 17.3 Å². The number of nitrogens with zero attached hydrogens (tertiary/aromatic N) is 1. The first kappa shape index (κ1) is 12.0. The second-order valence-corrected chi connectivity index (χ2v) is 8.86. The van der Waals surface area contributed by atoms with E-state index in [1.165, 1.54) is 3.11 Å². The van der Waals surface area contributed by atoms with Crippen LogP contribution in [-0.4, -0.2) is 28.4 Å². The Balaban J connectivity index is 2.36. The molecule has 2 amide bonds. The molecule has 0 aromatic rings. The quantitative estimate of drug-likeness (QED) is 0.176. The Kier molecular flexibility index (Phi) is 5.31. The number of thioether (sulfide) groups is 1. The number of imide groups is 1. The second-order valence-electron chi connectivity index (χ2n) is 2.44. The SMILES string of the molecule is CCSC[I-]C1CC(=O)N(I)C1=O. The first-order valence-electron chi connectivity index (χ1n) is 3.84. The topological polar surface area (TPSA) is 37.4 Å². The van der Waals surface area contributed by atoms with Crippen LogP contribution in [0.1, 0.15) is 13.3 Å². The summed E-state index contributed by atoms with van der Waals surface area (Å²) in [5.74, 6) is 1.12. The minimum atomic E-state index is -0.134. The number of hydrogen-bond donors (Lipinski definition) is 0. The van der Waals surface area contributed by atoms with Crippen molar-refractivity contribution in [2.75, 3.05) is 9.51 Å². The monoisotopic (exact) mass is 426 g/mol. The summed E-state index contributed by atoms with van der Waals surface area (Å²) in [5, 5.41) is 0. The van der Waals surface area contributed by atoms with Crippen LogP contribution in [0, 0.1) is 0 Å². The van der Waals surface area contributed by atoms with Crippen molar-refractivity contribution in [1.29, 1.82) is 0 Å². The number of carbonyl (C=O) groups excluding carboxylic acids is 2. The van der Waals surface area contributed by atoms with Crippen molar-refractivity contribution in [3.8, 4) is 0 Å². The van der Waals surface area contributed by atoms with Crippen molar-refractivity contribution in [3.63, 3.8) is 0 Å². The molecule has 0 aliphatic carbocycles. The predicted octanol–water partition coefficient (Wildman–Crippen LogP) is -1.74. The van der Waals surface area contributed by atoms with Crippen LogP contribution in [0.3, 0.4) is 0 Å². The van der Waals surface area contributed by atoms with E-state index in [2.05, 4.69) is 6.92 Å². The predicted molar refractivity (Wildman–Crippen MR) is 57.3 cm³/mol. The van der Waals surface area contributed by atoms with E-state index in [1.807, 2.05) is 11.8 Å². The van der Waals surface area contributed by atoms with Crippen molar-refractivity contribution < 1.29 is 30.8 Å². The number of carbonyl (C=O) groups is 2. The third-order valence-corrected chi connectivity index (χ3v) is 7.70. The van der Waals surface area contributed by atoms with Gasteiger partial charge in [-0.1, -0.05) is 0 Å². The fourth-order valence-corrected chi connectivity index (χ4v) is 7.08. The molecule has 0 spiro atoms. The molecule has 0 aromatic carbocycles. The third kappa shape index (κ3) is 3.22. The molecule has 1 unspecified atom stereocenters. The van der Waals surface area contributed by atoms with Crippen molar-refractivity contribution in [3.05, 3.63) is 0 Å². The zero-order valence-corrected chi connectivity index (χ0v) is 12.3. The Hall–Kier alpha value is 0.950. The standard InChI is InChI=1S/C7H10I2NO2S/c1-2-13-4-9-5-3-6(11)10(8)7(5)12/h5H,2-4H2,1H3/q-1. The van der Waals surface area contributed by atoms with Gasteiger partial charge in [0.05, 0.1) is 0 Å². The van der Waals surface area contributed by atoms with Crippen LogP contribution in [0.2, 0.25) is 0 Å². The van der Waals surface area contributed by atoms with E-state index in [0.29, 0.717) is 6.42 Å². The summed E-state index contributed by atoms with van der Waals surface area (Å²) < 4.78 is 2.39. The van der Waals surface area contributed by atoms with Gasteiger partial charge < -0.3 is 0 Å². The molecule has 1 fully saturated rings. The second kappa shape index (κ2) is 5.74. The molecule has 1 aliphatic rings. The van der Waals surface area contributed by atoms with Gasteiger partial charge >= 0.3 is 107 Å². The van der Waals surface area contributed by atoms with Crippen LogP contribution in [0.4, 0.5) is 0 Å². The minimum absolute atomic E-state index is 0.0169. The maximum absolute atomic E-state index is 11.4. The van der Waals surface area contributed by atoms with E-state index in [9.17, 15) is 9.59 Å². The van der Waals surface area contributed by atoms with E-state index in [1.54, 1.807) is 22.9 Å². The summed E-state index contributed by atoms with van der Waals surface area (Å²) in [5.41, 5.74) is 0. The summed E-state index contributed by atoms with van der Waals surface area (Å²) in [6, 6.07) is 0. The van der Waals surface area contributed by atoms with Gasteiger partial charge in [-0.05, 0) is 0 Å². The Morgan fingerprint density at radius 3 is 2.85 bits per heavy atom. The molecule has 0 bridgehead atoms. The van der Waals surface area contributed by atoms with Crippen LogP contribution in [0.5, 0.6) is 0 Å². The molecule has 0 radical (unpaired) electrons. The average molecular weight is 426 g/mol. The van der Waals surface area contributed by atoms with E-state index < -0.39 is 0 Å². The molecule has 1 saturated heterocycles. The molecule has 3 nitrogen and oxygen atoms in total. The molecular formula is C7H10I2NO2S-. The van der Waals surface area contributed by atoms with E-state index in [4.69, 9.17) is 0 Å². The molecule has 6 heteroatoms. The Labute approximate surface area is 106 Å².